The molecule has 1 N–H and O–H groups in total. The van der Waals surface area contributed by atoms with Crippen molar-refractivity contribution in [2.24, 2.45) is 0 Å². The van der Waals surface area contributed by atoms with Crippen LogP contribution in [0.1, 0.15) is 0 Å². The van der Waals surface area contributed by atoms with Gasteiger partial charge in [-0.15, -0.1) is 0 Å². The number of anilines is 1. The Hall–Kier alpha value is -0.620. The summed E-state index contributed by atoms with van der Waals surface area (Å²) < 4.78 is 35.2. The maximum absolute atomic E-state index is 11.7. The molecule has 0 aliphatic carbocycles. The summed E-state index contributed by atoms with van der Waals surface area (Å²) in [4.78, 5) is 3.75. The summed E-state index contributed by atoms with van der Waals surface area (Å²) in [7, 11) is 0. The Balaban J connectivity index is 2.26. The molecular formula is C8H8ClF3N2S. The lowest BCUT2D eigenvalue weighted by atomic mass is 10.4. The molecule has 1 aromatic rings. The SMILES string of the molecule is FC(F)(F)SCCNc1ccnc(Cl)c1. The number of hydrogen-bond acceptors (Lipinski definition) is 3. The molecule has 0 radical (unpaired) electrons. The molecule has 0 aromatic carbocycles. The third-order valence-corrected chi connectivity index (χ3v) is 2.37. The van der Waals surface area contributed by atoms with Crippen molar-refractivity contribution >= 4 is 29.1 Å². The predicted molar refractivity (Wildman–Crippen MR) is 56.2 cm³/mol. The molecule has 2 nitrogen and oxygen atoms in total. The minimum atomic E-state index is -4.17. The van der Waals surface area contributed by atoms with Gasteiger partial charge in [-0.25, -0.2) is 4.98 Å². The van der Waals surface area contributed by atoms with Gasteiger partial charge in [-0.3, -0.25) is 0 Å². The number of rotatable bonds is 4. The highest BCUT2D eigenvalue weighted by Gasteiger charge is 2.27. The summed E-state index contributed by atoms with van der Waals surface area (Å²) in [5, 5.41) is 3.12. The largest absolute Gasteiger partial charge is 0.441 e. The van der Waals surface area contributed by atoms with Gasteiger partial charge in [0.1, 0.15) is 5.15 Å². The molecule has 7 heteroatoms. The maximum Gasteiger partial charge on any atom is 0.441 e. The Kier molecular flexibility index (Phi) is 4.53. The van der Waals surface area contributed by atoms with Crippen LogP contribution in [0.25, 0.3) is 0 Å². The molecule has 1 heterocycles. The third kappa shape index (κ3) is 5.74. The van der Waals surface area contributed by atoms with Crippen LogP contribution in [0.2, 0.25) is 5.15 Å². The van der Waals surface area contributed by atoms with Crippen LogP contribution in [-0.2, 0) is 0 Å². The van der Waals surface area contributed by atoms with E-state index in [-0.39, 0.29) is 24.1 Å². The number of nitrogens with zero attached hydrogens (tertiary/aromatic N) is 1. The lowest BCUT2D eigenvalue weighted by molar-refractivity contribution is -0.0327. The fourth-order valence-corrected chi connectivity index (χ4v) is 1.48. The first-order valence-corrected chi connectivity index (χ1v) is 5.40. The van der Waals surface area contributed by atoms with E-state index in [1.54, 1.807) is 12.1 Å². The van der Waals surface area contributed by atoms with Gasteiger partial charge >= 0.3 is 5.51 Å². The summed E-state index contributed by atoms with van der Waals surface area (Å²) in [5.41, 5.74) is -3.50. The van der Waals surface area contributed by atoms with Gasteiger partial charge in [0.25, 0.3) is 0 Å². The van der Waals surface area contributed by atoms with E-state index in [0.29, 0.717) is 10.8 Å². The topological polar surface area (TPSA) is 24.9 Å². The second-order valence-electron chi connectivity index (χ2n) is 2.59. The van der Waals surface area contributed by atoms with Crippen molar-refractivity contribution in [1.29, 1.82) is 0 Å². The van der Waals surface area contributed by atoms with Crippen molar-refractivity contribution in [3.63, 3.8) is 0 Å². The number of thioether (sulfide) groups is 1. The first-order chi connectivity index (χ1) is 6.97. The number of aromatic nitrogens is 1. The normalized spacial score (nSPS) is 11.5. The minimum Gasteiger partial charge on any atom is -0.384 e. The highest BCUT2D eigenvalue weighted by Crippen LogP contribution is 2.29. The molecule has 0 amide bonds. The average molecular weight is 257 g/mol. The molecule has 0 atom stereocenters. The Morgan fingerprint density at radius 1 is 1.47 bits per heavy atom. The van der Waals surface area contributed by atoms with Crippen molar-refractivity contribution in [3.8, 4) is 0 Å². The van der Waals surface area contributed by atoms with Gasteiger partial charge in [0.15, 0.2) is 0 Å². The molecule has 15 heavy (non-hydrogen) atoms. The lowest BCUT2D eigenvalue weighted by Crippen LogP contribution is -2.09. The standard InChI is InChI=1S/C8H8ClF3N2S/c9-7-5-6(1-2-14-7)13-3-4-15-8(10,11)12/h1-2,5H,3-4H2,(H,13,14). The molecule has 0 aliphatic rings. The van der Waals surface area contributed by atoms with Crippen molar-refractivity contribution in [2.45, 2.75) is 5.51 Å². The Bertz CT molecular complexity index is 319. The molecular weight excluding hydrogens is 249 g/mol. The highest BCUT2D eigenvalue weighted by atomic mass is 35.5. The fraction of sp³-hybridized carbons (Fsp3) is 0.375. The first kappa shape index (κ1) is 12.4. The Labute approximate surface area is 94.2 Å². The summed E-state index contributed by atoms with van der Waals surface area (Å²) in [6.07, 6.45) is 1.49. The quantitative estimate of drug-likeness (QED) is 0.660. The van der Waals surface area contributed by atoms with Crippen LogP contribution in [0.5, 0.6) is 0 Å². The second kappa shape index (κ2) is 5.46. The molecule has 0 unspecified atom stereocenters. The van der Waals surface area contributed by atoms with E-state index in [2.05, 4.69) is 10.3 Å². The Morgan fingerprint density at radius 3 is 2.80 bits per heavy atom. The van der Waals surface area contributed by atoms with Crippen LogP contribution < -0.4 is 5.32 Å². The van der Waals surface area contributed by atoms with Gasteiger partial charge in [-0.05, 0) is 23.9 Å². The summed E-state index contributed by atoms with van der Waals surface area (Å²) in [6.45, 7) is 0.227. The molecule has 0 bridgehead atoms. The predicted octanol–water partition coefficient (Wildman–Crippen LogP) is 3.40. The van der Waals surface area contributed by atoms with E-state index in [1.165, 1.54) is 6.20 Å². The van der Waals surface area contributed by atoms with Crippen LogP contribution in [0, 0.1) is 0 Å². The van der Waals surface area contributed by atoms with Crippen molar-refractivity contribution in [2.75, 3.05) is 17.6 Å². The molecule has 1 aromatic heterocycles. The van der Waals surface area contributed by atoms with Crippen molar-refractivity contribution in [3.05, 3.63) is 23.5 Å². The van der Waals surface area contributed by atoms with Gasteiger partial charge in [-0.2, -0.15) is 13.2 Å². The van der Waals surface area contributed by atoms with Crippen LogP contribution in [0.3, 0.4) is 0 Å². The van der Waals surface area contributed by atoms with E-state index in [0.717, 1.165) is 0 Å². The third-order valence-electron chi connectivity index (χ3n) is 1.42. The molecule has 84 valence electrons. The first-order valence-electron chi connectivity index (χ1n) is 4.03. The van der Waals surface area contributed by atoms with E-state index >= 15 is 0 Å². The monoisotopic (exact) mass is 256 g/mol. The Morgan fingerprint density at radius 2 is 2.20 bits per heavy atom. The molecule has 0 fully saturated rings. The van der Waals surface area contributed by atoms with Gasteiger partial charge in [0.2, 0.25) is 0 Å². The summed E-state index contributed by atoms with van der Waals surface area (Å²) >= 11 is 5.54. The zero-order valence-corrected chi connectivity index (χ0v) is 9.09. The second-order valence-corrected chi connectivity index (χ2v) is 4.14. The average Bonchev–Trinajstić information content (AvgIpc) is 2.11. The fourth-order valence-electron chi connectivity index (χ4n) is 0.875. The number of hydrogen-bond donors (Lipinski definition) is 1. The van der Waals surface area contributed by atoms with Crippen LogP contribution in [0.15, 0.2) is 18.3 Å². The molecule has 0 saturated heterocycles. The van der Waals surface area contributed by atoms with Crippen LogP contribution in [0.4, 0.5) is 18.9 Å². The lowest BCUT2D eigenvalue weighted by Gasteiger charge is -2.07. The molecule has 0 saturated carbocycles. The van der Waals surface area contributed by atoms with Crippen LogP contribution in [-0.4, -0.2) is 22.8 Å². The molecule has 0 spiro atoms. The van der Waals surface area contributed by atoms with Gasteiger partial charge in [-0.1, -0.05) is 11.6 Å². The van der Waals surface area contributed by atoms with E-state index < -0.39 is 5.51 Å². The van der Waals surface area contributed by atoms with Gasteiger partial charge in [0.05, 0.1) is 0 Å². The van der Waals surface area contributed by atoms with Gasteiger partial charge < -0.3 is 5.32 Å². The maximum atomic E-state index is 11.7. The van der Waals surface area contributed by atoms with Crippen molar-refractivity contribution < 1.29 is 13.2 Å². The zero-order chi connectivity index (χ0) is 11.3. The summed E-state index contributed by atoms with van der Waals surface area (Å²) in [5.74, 6) is -0.0383. The highest BCUT2D eigenvalue weighted by molar-refractivity contribution is 8.00. The van der Waals surface area contributed by atoms with E-state index in [1.807, 2.05) is 0 Å². The molecule has 0 aliphatic heterocycles. The van der Waals surface area contributed by atoms with E-state index in [4.69, 9.17) is 11.6 Å². The number of halogens is 4. The molecule has 1 rings (SSSR count). The smallest absolute Gasteiger partial charge is 0.384 e. The minimum absolute atomic E-state index is 0.0383. The number of pyridine rings is 1. The summed E-state index contributed by atoms with van der Waals surface area (Å²) in [6, 6.07) is 3.20. The van der Waals surface area contributed by atoms with E-state index in [9.17, 15) is 13.2 Å². The van der Waals surface area contributed by atoms with Crippen molar-refractivity contribution in [1.82, 2.24) is 4.98 Å². The van der Waals surface area contributed by atoms with Gasteiger partial charge in [0, 0.05) is 24.2 Å². The zero-order valence-electron chi connectivity index (χ0n) is 7.51. The number of nitrogens with one attached hydrogen (secondary N) is 1. The van der Waals surface area contributed by atoms with Crippen LogP contribution >= 0.6 is 23.4 Å². The number of alkyl halides is 3.